The molecule has 0 fully saturated rings. The van der Waals surface area contributed by atoms with Crippen LogP contribution in [0.25, 0.3) is 0 Å². The van der Waals surface area contributed by atoms with Crippen LogP contribution in [-0.4, -0.2) is 38.7 Å². The summed E-state index contributed by atoms with van der Waals surface area (Å²) in [7, 11) is -2.00. The molecule has 0 amide bonds. The quantitative estimate of drug-likeness (QED) is 0.674. The first-order chi connectivity index (χ1) is 9.16. The fourth-order valence-electron chi connectivity index (χ4n) is 1.80. The van der Waals surface area contributed by atoms with E-state index in [4.69, 9.17) is 4.74 Å². The van der Waals surface area contributed by atoms with Crippen molar-refractivity contribution in [3.05, 3.63) is 18.0 Å². The van der Waals surface area contributed by atoms with Crippen LogP contribution in [-0.2, 0) is 21.3 Å². The zero-order chi connectivity index (χ0) is 15.4. The summed E-state index contributed by atoms with van der Waals surface area (Å²) in [6, 6.07) is 1.98. The molecule has 7 heteroatoms. The van der Waals surface area contributed by atoms with Gasteiger partial charge in [0.05, 0.1) is 17.0 Å². The Kier molecular flexibility index (Phi) is 5.76. The lowest BCUT2D eigenvalue weighted by molar-refractivity contribution is 0.141. The van der Waals surface area contributed by atoms with Gasteiger partial charge in [-0.25, -0.2) is 13.1 Å². The fraction of sp³-hybridized carbons (Fsp3) is 0.692. The average molecular weight is 303 g/mol. The van der Waals surface area contributed by atoms with E-state index in [0.717, 1.165) is 5.69 Å². The van der Waals surface area contributed by atoms with E-state index >= 15 is 0 Å². The molecule has 0 aliphatic heterocycles. The predicted octanol–water partition coefficient (Wildman–Crippen LogP) is 1.22. The van der Waals surface area contributed by atoms with Gasteiger partial charge in [-0.1, -0.05) is 13.8 Å². The van der Waals surface area contributed by atoms with Crippen LogP contribution < -0.4 is 10.0 Å². The Morgan fingerprint density at radius 3 is 2.60 bits per heavy atom. The maximum absolute atomic E-state index is 12.3. The SMILES string of the molecule is COCC(C)(C)NS(=O)(=O)c1c[nH]c(CNC(C)C)c1. The molecule has 0 unspecified atom stereocenters. The normalized spacial score (nSPS) is 13.1. The molecule has 20 heavy (non-hydrogen) atoms. The Hall–Kier alpha value is -0.890. The van der Waals surface area contributed by atoms with Crippen molar-refractivity contribution in [2.24, 2.45) is 0 Å². The number of sulfonamides is 1. The summed E-state index contributed by atoms with van der Waals surface area (Å²) < 4.78 is 32.2. The molecule has 1 heterocycles. The maximum Gasteiger partial charge on any atom is 0.242 e. The monoisotopic (exact) mass is 303 g/mol. The van der Waals surface area contributed by atoms with Crippen molar-refractivity contribution in [3.8, 4) is 0 Å². The van der Waals surface area contributed by atoms with E-state index in [-0.39, 0.29) is 4.90 Å². The van der Waals surface area contributed by atoms with Crippen molar-refractivity contribution in [1.29, 1.82) is 0 Å². The van der Waals surface area contributed by atoms with Gasteiger partial charge in [-0.05, 0) is 19.9 Å². The molecule has 0 aliphatic carbocycles. The van der Waals surface area contributed by atoms with E-state index in [2.05, 4.69) is 15.0 Å². The van der Waals surface area contributed by atoms with Crippen molar-refractivity contribution < 1.29 is 13.2 Å². The highest BCUT2D eigenvalue weighted by atomic mass is 32.2. The molecule has 0 spiro atoms. The summed E-state index contributed by atoms with van der Waals surface area (Å²) in [6.45, 7) is 8.54. The van der Waals surface area contributed by atoms with Gasteiger partial charge in [-0.3, -0.25) is 0 Å². The lowest BCUT2D eigenvalue weighted by atomic mass is 10.1. The van der Waals surface area contributed by atoms with Gasteiger partial charge in [0.25, 0.3) is 0 Å². The van der Waals surface area contributed by atoms with Gasteiger partial charge < -0.3 is 15.0 Å². The highest BCUT2D eigenvalue weighted by Crippen LogP contribution is 2.14. The Balaban J connectivity index is 2.78. The van der Waals surface area contributed by atoms with Gasteiger partial charge in [0.15, 0.2) is 0 Å². The number of rotatable bonds is 8. The van der Waals surface area contributed by atoms with Crippen molar-refractivity contribution in [2.45, 2.75) is 50.7 Å². The second-order valence-corrected chi connectivity index (χ2v) is 7.50. The highest BCUT2D eigenvalue weighted by molar-refractivity contribution is 7.89. The summed E-state index contributed by atoms with van der Waals surface area (Å²) >= 11 is 0. The van der Waals surface area contributed by atoms with Crippen molar-refractivity contribution in [1.82, 2.24) is 15.0 Å². The molecule has 0 aromatic carbocycles. The van der Waals surface area contributed by atoms with Crippen molar-refractivity contribution in [2.75, 3.05) is 13.7 Å². The van der Waals surface area contributed by atoms with Gasteiger partial charge in [-0.2, -0.15) is 0 Å². The average Bonchev–Trinajstić information content (AvgIpc) is 2.73. The molecular weight excluding hydrogens is 278 g/mol. The molecule has 6 nitrogen and oxygen atoms in total. The second-order valence-electron chi connectivity index (χ2n) is 5.82. The van der Waals surface area contributed by atoms with E-state index in [1.54, 1.807) is 27.0 Å². The van der Waals surface area contributed by atoms with Crippen LogP contribution in [0.1, 0.15) is 33.4 Å². The first-order valence-corrected chi connectivity index (χ1v) is 8.08. The summed E-state index contributed by atoms with van der Waals surface area (Å²) in [4.78, 5) is 3.21. The number of hydrogen-bond acceptors (Lipinski definition) is 4. The van der Waals surface area contributed by atoms with E-state index < -0.39 is 15.6 Å². The van der Waals surface area contributed by atoms with E-state index in [9.17, 15) is 8.42 Å². The number of hydrogen-bond donors (Lipinski definition) is 3. The highest BCUT2D eigenvalue weighted by Gasteiger charge is 2.26. The zero-order valence-electron chi connectivity index (χ0n) is 12.8. The lowest BCUT2D eigenvalue weighted by Crippen LogP contribution is -2.46. The predicted molar refractivity (Wildman–Crippen MR) is 79.0 cm³/mol. The molecule has 0 saturated carbocycles. The van der Waals surface area contributed by atoms with Crippen LogP contribution in [0.5, 0.6) is 0 Å². The van der Waals surface area contributed by atoms with Gasteiger partial charge >= 0.3 is 0 Å². The van der Waals surface area contributed by atoms with Crippen molar-refractivity contribution in [3.63, 3.8) is 0 Å². The van der Waals surface area contributed by atoms with Crippen molar-refractivity contribution >= 4 is 10.0 Å². The van der Waals surface area contributed by atoms with E-state index in [1.165, 1.54) is 6.20 Å². The molecule has 0 atom stereocenters. The number of nitrogens with one attached hydrogen (secondary N) is 3. The number of H-pyrrole nitrogens is 1. The van der Waals surface area contributed by atoms with Gasteiger partial charge in [-0.15, -0.1) is 0 Å². The molecule has 1 aromatic rings. The largest absolute Gasteiger partial charge is 0.383 e. The molecule has 0 bridgehead atoms. The molecule has 1 aromatic heterocycles. The van der Waals surface area contributed by atoms with Crippen LogP contribution in [0.2, 0.25) is 0 Å². The Morgan fingerprint density at radius 2 is 2.05 bits per heavy atom. The summed E-state index contributed by atoms with van der Waals surface area (Å²) in [5.74, 6) is 0. The number of aromatic nitrogens is 1. The maximum atomic E-state index is 12.3. The van der Waals surface area contributed by atoms with Gasteiger partial charge in [0, 0.05) is 31.6 Å². The summed E-state index contributed by atoms with van der Waals surface area (Å²) in [6.07, 6.45) is 1.50. The van der Waals surface area contributed by atoms with Crippen LogP contribution in [0, 0.1) is 0 Å². The standard InChI is InChI=1S/C13H25N3O3S/c1-10(2)14-7-11-6-12(8-15-11)20(17,18)16-13(3,4)9-19-5/h6,8,10,14-16H,7,9H2,1-5H3. The third-order valence-electron chi connectivity index (χ3n) is 2.64. The van der Waals surface area contributed by atoms with E-state index in [1.807, 2.05) is 13.8 Å². The third kappa shape index (κ3) is 5.24. The lowest BCUT2D eigenvalue weighted by Gasteiger charge is -2.24. The summed E-state index contributed by atoms with van der Waals surface area (Å²) in [5.41, 5.74) is 0.185. The second kappa shape index (κ2) is 6.71. The Morgan fingerprint density at radius 1 is 1.40 bits per heavy atom. The number of methoxy groups -OCH3 is 1. The molecule has 1 rings (SSSR count). The summed E-state index contributed by atoms with van der Waals surface area (Å²) in [5, 5.41) is 3.23. The Labute approximate surface area is 121 Å². The minimum absolute atomic E-state index is 0.238. The van der Waals surface area contributed by atoms with Crippen LogP contribution in [0.15, 0.2) is 17.2 Å². The Bertz CT molecular complexity index is 521. The molecule has 3 N–H and O–H groups in total. The zero-order valence-corrected chi connectivity index (χ0v) is 13.6. The molecule has 0 radical (unpaired) electrons. The third-order valence-corrected chi connectivity index (χ3v) is 4.32. The van der Waals surface area contributed by atoms with Crippen LogP contribution in [0.3, 0.4) is 0 Å². The topological polar surface area (TPSA) is 83.2 Å². The molecule has 0 saturated heterocycles. The number of ether oxygens (including phenoxy) is 1. The fourth-order valence-corrected chi connectivity index (χ4v) is 3.22. The minimum atomic E-state index is -3.55. The first-order valence-electron chi connectivity index (χ1n) is 6.60. The van der Waals surface area contributed by atoms with Gasteiger partial charge in [0.2, 0.25) is 10.0 Å². The smallest absolute Gasteiger partial charge is 0.242 e. The molecular formula is C13H25N3O3S. The minimum Gasteiger partial charge on any atom is -0.383 e. The first kappa shape index (κ1) is 17.2. The number of aromatic amines is 1. The molecule has 0 aliphatic rings. The van der Waals surface area contributed by atoms with E-state index in [0.29, 0.717) is 19.2 Å². The molecule has 116 valence electrons. The van der Waals surface area contributed by atoms with Crippen LogP contribution >= 0.6 is 0 Å². The van der Waals surface area contributed by atoms with Gasteiger partial charge in [0.1, 0.15) is 0 Å². The van der Waals surface area contributed by atoms with Crippen LogP contribution in [0.4, 0.5) is 0 Å².